The van der Waals surface area contributed by atoms with Gasteiger partial charge in [0.2, 0.25) is 5.95 Å². The van der Waals surface area contributed by atoms with Gasteiger partial charge in [0, 0.05) is 24.3 Å². The number of anilines is 1. The number of nitrogens with one attached hydrogen (secondary N) is 2. The average molecular weight is 401 g/mol. The monoisotopic (exact) mass is 401 g/mol. The molecule has 2 aromatic heterocycles. The number of nitriles is 1. The molecule has 2 aromatic rings. The van der Waals surface area contributed by atoms with E-state index in [1.807, 2.05) is 30.6 Å². The van der Waals surface area contributed by atoms with Gasteiger partial charge < -0.3 is 15.0 Å². The number of pyridine rings is 1. The number of carbonyl (C=O) groups excluding carboxylic acids is 1. The molecule has 0 bridgehead atoms. The third-order valence-corrected chi connectivity index (χ3v) is 5.54. The first-order valence-corrected chi connectivity index (χ1v) is 9.58. The Balaban J connectivity index is 1.94. The van der Waals surface area contributed by atoms with Crippen LogP contribution in [0.3, 0.4) is 0 Å². The van der Waals surface area contributed by atoms with Gasteiger partial charge in [-0.25, -0.2) is 4.98 Å². The van der Waals surface area contributed by atoms with Crippen molar-refractivity contribution >= 4 is 29.6 Å². The largest absolute Gasteiger partial charge is 0.395 e. The normalized spacial score (nSPS) is 13.7. The van der Waals surface area contributed by atoms with Gasteiger partial charge in [-0.1, -0.05) is 6.08 Å². The molecular formula is C19H20FN5O2S. The van der Waals surface area contributed by atoms with Crippen LogP contribution < -0.4 is 10.0 Å². The van der Waals surface area contributed by atoms with Gasteiger partial charge >= 0.3 is 0 Å². The molecule has 0 spiro atoms. The molecule has 0 fully saturated rings. The second kappa shape index (κ2) is 8.56. The lowest BCUT2D eigenvalue weighted by Crippen LogP contribution is -2.22. The fourth-order valence-corrected chi connectivity index (χ4v) is 3.90. The van der Waals surface area contributed by atoms with Gasteiger partial charge in [-0.2, -0.15) is 9.65 Å². The zero-order valence-electron chi connectivity index (χ0n) is 15.5. The summed E-state index contributed by atoms with van der Waals surface area (Å²) in [7, 11) is 0. The maximum Gasteiger partial charge on any atom is 0.272 e. The number of rotatable bonds is 6. The molecule has 9 heteroatoms. The van der Waals surface area contributed by atoms with Crippen LogP contribution in [0.15, 0.2) is 23.1 Å². The Morgan fingerprint density at radius 2 is 2.32 bits per heavy atom. The molecule has 1 amide bonds. The summed E-state index contributed by atoms with van der Waals surface area (Å²) in [4.78, 5) is 17.3. The maximum absolute atomic E-state index is 13.6. The summed E-state index contributed by atoms with van der Waals surface area (Å²) in [6, 6.07) is 4.08. The molecular weight excluding hydrogens is 381 g/mol. The van der Waals surface area contributed by atoms with Crippen LogP contribution in [0.4, 0.5) is 10.1 Å². The van der Waals surface area contributed by atoms with Gasteiger partial charge in [0.1, 0.15) is 17.5 Å². The number of carbonyl (C=O) groups is 1. The number of hydrogen-bond donors (Lipinski definition) is 3. The highest BCUT2D eigenvalue weighted by Crippen LogP contribution is 2.34. The van der Waals surface area contributed by atoms with Crippen LogP contribution in [0, 0.1) is 24.2 Å². The van der Waals surface area contributed by atoms with E-state index >= 15 is 0 Å². The third-order valence-electron chi connectivity index (χ3n) is 4.30. The number of halogens is 1. The number of fused-ring (bicyclic) bond motifs is 1. The Kier molecular flexibility index (Phi) is 6.14. The van der Waals surface area contributed by atoms with Crippen LogP contribution >= 0.6 is 11.9 Å². The second-order valence-electron chi connectivity index (χ2n) is 6.46. The predicted octanol–water partition coefficient (Wildman–Crippen LogP) is 2.85. The molecule has 1 unspecified atom stereocenters. The molecule has 1 aliphatic rings. The van der Waals surface area contributed by atoms with Crippen molar-refractivity contribution in [2.45, 2.75) is 37.8 Å². The van der Waals surface area contributed by atoms with E-state index < -0.39 is 5.95 Å². The standard InChI is InChI=1S/C19H20FN5O2S/c1-11(10-26)24-28-18-12(2)17(25-6-4-3-5-15(18)25)19(27)23-13-7-14(9-21)22-16(20)8-13/h3,5,7-8,11,24,26H,4,6,10H2,1-2H3,(H,22,23,27). The molecule has 1 aliphatic heterocycles. The topological polar surface area (TPSA) is 103 Å². The molecule has 1 atom stereocenters. The molecule has 3 heterocycles. The first-order valence-electron chi connectivity index (χ1n) is 8.76. The zero-order chi connectivity index (χ0) is 20.3. The minimum absolute atomic E-state index is 0.000104. The van der Waals surface area contributed by atoms with E-state index in [4.69, 9.17) is 5.26 Å². The summed E-state index contributed by atoms with van der Waals surface area (Å²) >= 11 is 1.37. The Labute approximate surface area is 166 Å². The quantitative estimate of drug-likeness (QED) is 0.508. The van der Waals surface area contributed by atoms with Crippen molar-refractivity contribution in [2.24, 2.45) is 0 Å². The Hall–Kier alpha value is -2.67. The van der Waals surface area contributed by atoms with Gasteiger partial charge in [-0.05, 0) is 49.9 Å². The molecule has 28 heavy (non-hydrogen) atoms. The number of amides is 1. The fraction of sp³-hybridized carbons (Fsp3) is 0.316. The number of aliphatic hydroxyl groups excluding tert-OH is 1. The molecule has 146 valence electrons. The number of aromatic nitrogens is 2. The lowest BCUT2D eigenvalue weighted by molar-refractivity contribution is 0.101. The van der Waals surface area contributed by atoms with E-state index in [0.29, 0.717) is 12.2 Å². The highest BCUT2D eigenvalue weighted by molar-refractivity contribution is 7.97. The number of nitrogens with zero attached hydrogens (tertiary/aromatic N) is 3. The van der Waals surface area contributed by atoms with E-state index in [-0.39, 0.29) is 29.9 Å². The Morgan fingerprint density at radius 3 is 3.04 bits per heavy atom. The van der Waals surface area contributed by atoms with Crippen molar-refractivity contribution < 1.29 is 14.3 Å². The van der Waals surface area contributed by atoms with E-state index in [9.17, 15) is 14.3 Å². The summed E-state index contributed by atoms with van der Waals surface area (Å²) < 4.78 is 18.7. The predicted molar refractivity (Wildman–Crippen MR) is 105 cm³/mol. The van der Waals surface area contributed by atoms with Crippen molar-refractivity contribution in [1.29, 1.82) is 5.26 Å². The van der Waals surface area contributed by atoms with Crippen molar-refractivity contribution in [3.63, 3.8) is 0 Å². The number of aliphatic hydroxyl groups is 1. The Bertz CT molecular complexity index is 980. The molecule has 3 rings (SSSR count). The first kappa shape index (κ1) is 20.1. The fourth-order valence-electron chi connectivity index (χ4n) is 2.98. The van der Waals surface area contributed by atoms with Gasteiger partial charge in [0.05, 0.1) is 17.2 Å². The summed E-state index contributed by atoms with van der Waals surface area (Å²) in [6.45, 7) is 4.37. The van der Waals surface area contributed by atoms with E-state index in [1.165, 1.54) is 18.0 Å². The van der Waals surface area contributed by atoms with Crippen LogP contribution in [-0.4, -0.2) is 33.2 Å². The molecule has 0 saturated heterocycles. The van der Waals surface area contributed by atoms with Crippen molar-refractivity contribution in [2.75, 3.05) is 11.9 Å². The average Bonchev–Trinajstić information content (AvgIpc) is 2.96. The molecule has 0 radical (unpaired) electrons. The van der Waals surface area contributed by atoms with Gasteiger partial charge in [0.15, 0.2) is 0 Å². The highest BCUT2D eigenvalue weighted by Gasteiger charge is 2.25. The summed E-state index contributed by atoms with van der Waals surface area (Å²) in [5, 5.41) is 20.8. The molecule has 0 saturated carbocycles. The van der Waals surface area contributed by atoms with Crippen LogP contribution in [-0.2, 0) is 6.54 Å². The van der Waals surface area contributed by atoms with E-state index in [0.717, 1.165) is 28.6 Å². The zero-order valence-corrected chi connectivity index (χ0v) is 16.3. The van der Waals surface area contributed by atoms with Crippen LogP contribution in [0.1, 0.15) is 40.8 Å². The first-order chi connectivity index (χ1) is 13.4. The van der Waals surface area contributed by atoms with Gasteiger partial charge in [-0.15, -0.1) is 0 Å². The minimum atomic E-state index is -0.829. The lowest BCUT2D eigenvalue weighted by atomic mass is 10.2. The maximum atomic E-state index is 13.6. The summed E-state index contributed by atoms with van der Waals surface area (Å²) in [6.07, 6.45) is 4.82. The van der Waals surface area contributed by atoms with E-state index in [2.05, 4.69) is 15.0 Å². The molecule has 3 N–H and O–H groups in total. The third kappa shape index (κ3) is 4.09. The van der Waals surface area contributed by atoms with Crippen molar-refractivity contribution in [1.82, 2.24) is 14.3 Å². The Morgan fingerprint density at radius 1 is 1.54 bits per heavy atom. The van der Waals surface area contributed by atoms with E-state index in [1.54, 1.807) is 6.07 Å². The molecule has 7 nitrogen and oxygen atoms in total. The highest BCUT2D eigenvalue weighted by atomic mass is 32.2. The minimum Gasteiger partial charge on any atom is -0.395 e. The van der Waals surface area contributed by atoms with Gasteiger partial charge in [0.25, 0.3) is 5.91 Å². The van der Waals surface area contributed by atoms with Crippen LogP contribution in [0.25, 0.3) is 6.08 Å². The smallest absolute Gasteiger partial charge is 0.272 e. The summed E-state index contributed by atoms with van der Waals surface area (Å²) in [5.74, 6) is -1.21. The van der Waals surface area contributed by atoms with Crippen LogP contribution in [0.5, 0.6) is 0 Å². The number of allylic oxidation sites excluding steroid dienone is 1. The lowest BCUT2D eigenvalue weighted by Gasteiger charge is -2.15. The van der Waals surface area contributed by atoms with Crippen LogP contribution in [0.2, 0.25) is 0 Å². The van der Waals surface area contributed by atoms with Crippen molar-refractivity contribution in [3.05, 3.63) is 46.8 Å². The van der Waals surface area contributed by atoms with Gasteiger partial charge in [-0.3, -0.25) is 9.52 Å². The molecule has 0 aliphatic carbocycles. The molecule has 0 aromatic carbocycles. The summed E-state index contributed by atoms with van der Waals surface area (Å²) in [5.41, 5.74) is 2.25. The SMILES string of the molecule is Cc1c(SNC(C)CO)c2n(c1C(=O)Nc1cc(F)nc(C#N)c1)CCC=C2. The number of hydrogen-bond acceptors (Lipinski definition) is 6. The second-order valence-corrected chi connectivity index (χ2v) is 7.31. The van der Waals surface area contributed by atoms with Crippen molar-refractivity contribution in [3.8, 4) is 6.07 Å².